The van der Waals surface area contributed by atoms with Gasteiger partial charge in [-0.3, -0.25) is 0 Å². The highest BCUT2D eigenvalue weighted by Gasteiger charge is 2.29. The van der Waals surface area contributed by atoms with Crippen LogP contribution in [0.2, 0.25) is 0 Å². The quantitative estimate of drug-likeness (QED) is 0.177. The Morgan fingerprint density at radius 1 is 0.778 bits per heavy atom. The lowest BCUT2D eigenvalue weighted by Crippen LogP contribution is -2.04. The van der Waals surface area contributed by atoms with Crippen LogP contribution in [0.1, 0.15) is 68.9 Å². The summed E-state index contributed by atoms with van der Waals surface area (Å²) in [5, 5.41) is 0. The van der Waals surface area contributed by atoms with Crippen LogP contribution in [0.5, 0.6) is 0 Å². The Kier molecular flexibility index (Phi) is 13.1. The van der Waals surface area contributed by atoms with Crippen LogP contribution in [0.15, 0.2) is 24.3 Å². The Bertz CT molecular complexity index is 547. The molecule has 0 saturated carbocycles. The van der Waals surface area contributed by atoms with Crippen molar-refractivity contribution in [2.24, 2.45) is 0 Å². The lowest BCUT2D eigenvalue weighted by molar-refractivity contribution is -0.137. The van der Waals surface area contributed by atoms with Crippen molar-refractivity contribution in [3.63, 3.8) is 0 Å². The molecule has 0 amide bonds. The Balaban J connectivity index is 1.96. The zero-order valence-corrected chi connectivity index (χ0v) is 16.6. The van der Waals surface area contributed by atoms with Gasteiger partial charge in [-0.2, -0.15) is 13.2 Å². The van der Waals surface area contributed by atoms with Crippen molar-refractivity contribution in [2.45, 2.75) is 64.0 Å². The highest BCUT2D eigenvalue weighted by Crippen LogP contribution is 2.28. The van der Waals surface area contributed by atoms with Crippen molar-refractivity contribution in [3.05, 3.63) is 35.4 Å². The van der Waals surface area contributed by atoms with E-state index < -0.39 is 11.7 Å². The van der Waals surface area contributed by atoms with Crippen LogP contribution in [-0.2, 0) is 15.1 Å². The van der Waals surface area contributed by atoms with E-state index in [1.165, 1.54) is 44.2 Å². The number of benzene rings is 1. The van der Waals surface area contributed by atoms with Gasteiger partial charge in [0.15, 0.2) is 0 Å². The number of ether oxygens (including phenoxy) is 1. The second kappa shape index (κ2) is 14.8. The summed E-state index contributed by atoms with van der Waals surface area (Å²) in [7, 11) is 0. The van der Waals surface area contributed by atoms with Crippen LogP contribution in [0.4, 0.5) is 13.2 Å². The molecule has 0 heterocycles. The highest BCUT2D eigenvalue weighted by atomic mass is 32.1. The summed E-state index contributed by atoms with van der Waals surface area (Å²) in [6.45, 7) is 1.91. The predicted octanol–water partition coefficient (Wildman–Crippen LogP) is 6.45. The Hall–Kier alpha value is -1.16. The van der Waals surface area contributed by atoms with Crippen LogP contribution in [0.25, 0.3) is 0 Å². The summed E-state index contributed by atoms with van der Waals surface area (Å²) >= 11 is 3.65. The minimum Gasteiger partial charge on any atom is -0.379 e. The van der Waals surface area contributed by atoms with E-state index in [0.29, 0.717) is 18.8 Å². The predicted molar refractivity (Wildman–Crippen MR) is 106 cm³/mol. The van der Waals surface area contributed by atoms with E-state index in [-0.39, 0.29) is 0 Å². The van der Waals surface area contributed by atoms with Gasteiger partial charge < -0.3 is 8.92 Å². The first-order valence-corrected chi connectivity index (χ1v) is 9.91. The van der Waals surface area contributed by atoms with Gasteiger partial charge in [-0.05, 0) is 50.0 Å². The van der Waals surface area contributed by atoms with Gasteiger partial charge in [-0.1, -0.05) is 50.4 Å². The summed E-state index contributed by atoms with van der Waals surface area (Å²) in [6, 6.07) is 5.00. The molecule has 0 aromatic heterocycles. The Morgan fingerprint density at radius 3 is 1.96 bits per heavy atom. The van der Waals surface area contributed by atoms with E-state index in [1.807, 2.05) is 0 Å². The number of rotatable bonds is 13. The van der Waals surface area contributed by atoms with Crippen molar-refractivity contribution in [1.29, 1.82) is 0 Å². The summed E-state index contributed by atoms with van der Waals surface area (Å²) in [5.41, 5.74) is -0.00574. The van der Waals surface area contributed by atoms with Gasteiger partial charge in [0.2, 0.25) is 0 Å². The summed E-state index contributed by atoms with van der Waals surface area (Å²) in [5.74, 6) is 5.97. The SMILES string of the molecule is FC(F)(F)c1ccc(C#CCCCCCCCCCCOCCOS)cc1. The zero-order valence-electron chi connectivity index (χ0n) is 15.7. The first-order chi connectivity index (χ1) is 13.0. The van der Waals surface area contributed by atoms with E-state index in [4.69, 9.17) is 4.74 Å². The number of hydrogen-bond acceptors (Lipinski definition) is 3. The monoisotopic (exact) mass is 402 g/mol. The largest absolute Gasteiger partial charge is 0.416 e. The lowest BCUT2D eigenvalue weighted by atomic mass is 10.1. The molecular formula is C21H29F3O2S. The third-order valence-corrected chi connectivity index (χ3v) is 4.29. The average molecular weight is 403 g/mol. The van der Waals surface area contributed by atoms with Gasteiger partial charge in [0.05, 0.1) is 18.8 Å². The minimum atomic E-state index is -4.29. The topological polar surface area (TPSA) is 18.5 Å². The van der Waals surface area contributed by atoms with Crippen molar-refractivity contribution in [1.82, 2.24) is 0 Å². The zero-order chi connectivity index (χ0) is 19.8. The van der Waals surface area contributed by atoms with E-state index in [2.05, 4.69) is 28.9 Å². The average Bonchev–Trinajstić information content (AvgIpc) is 2.64. The van der Waals surface area contributed by atoms with Crippen LogP contribution >= 0.6 is 12.9 Å². The van der Waals surface area contributed by atoms with Crippen molar-refractivity contribution >= 4 is 12.9 Å². The Morgan fingerprint density at radius 2 is 1.37 bits per heavy atom. The summed E-state index contributed by atoms with van der Waals surface area (Å²) in [4.78, 5) is 0. The maximum absolute atomic E-state index is 12.5. The molecule has 0 aliphatic rings. The molecule has 0 saturated heterocycles. The summed E-state index contributed by atoms with van der Waals surface area (Å²) in [6.07, 6.45) is 5.89. The first kappa shape index (κ1) is 23.9. The van der Waals surface area contributed by atoms with Crippen LogP contribution in [0, 0.1) is 11.8 Å². The summed E-state index contributed by atoms with van der Waals surface area (Å²) < 4.78 is 47.4. The Labute approximate surface area is 166 Å². The van der Waals surface area contributed by atoms with Crippen LogP contribution < -0.4 is 0 Å². The molecule has 6 heteroatoms. The van der Waals surface area contributed by atoms with Crippen molar-refractivity contribution in [2.75, 3.05) is 19.8 Å². The van der Waals surface area contributed by atoms with Gasteiger partial charge >= 0.3 is 6.18 Å². The van der Waals surface area contributed by atoms with Crippen molar-refractivity contribution < 1.29 is 22.1 Å². The number of unbranched alkanes of at least 4 members (excludes halogenated alkanes) is 8. The van der Waals surface area contributed by atoms with Gasteiger partial charge in [0.25, 0.3) is 0 Å². The molecule has 0 radical (unpaired) electrons. The fraction of sp³-hybridized carbons (Fsp3) is 0.619. The second-order valence-electron chi connectivity index (χ2n) is 6.40. The molecule has 0 N–H and O–H groups in total. The second-order valence-corrected chi connectivity index (χ2v) is 6.66. The number of alkyl halides is 3. The van der Waals surface area contributed by atoms with Gasteiger partial charge in [0.1, 0.15) is 0 Å². The number of thiol groups is 1. The van der Waals surface area contributed by atoms with E-state index >= 15 is 0 Å². The molecule has 0 spiro atoms. The smallest absolute Gasteiger partial charge is 0.379 e. The van der Waals surface area contributed by atoms with Crippen LogP contribution in [0.3, 0.4) is 0 Å². The maximum Gasteiger partial charge on any atom is 0.416 e. The van der Waals surface area contributed by atoms with E-state index in [1.54, 1.807) is 0 Å². The fourth-order valence-electron chi connectivity index (χ4n) is 2.58. The molecular weight excluding hydrogens is 373 g/mol. The molecule has 0 fully saturated rings. The molecule has 0 atom stereocenters. The molecule has 1 aromatic rings. The van der Waals surface area contributed by atoms with E-state index in [0.717, 1.165) is 44.4 Å². The molecule has 0 aliphatic carbocycles. The van der Waals surface area contributed by atoms with Gasteiger partial charge in [-0.25, -0.2) is 0 Å². The highest BCUT2D eigenvalue weighted by molar-refractivity contribution is 7.75. The van der Waals surface area contributed by atoms with Crippen LogP contribution in [-0.4, -0.2) is 19.8 Å². The van der Waals surface area contributed by atoms with Crippen molar-refractivity contribution in [3.8, 4) is 11.8 Å². The molecule has 2 nitrogen and oxygen atoms in total. The third-order valence-electron chi connectivity index (χ3n) is 4.10. The lowest BCUT2D eigenvalue weighted by Gasteiger charge is -2.05. The molecule has 27 heavy (non-hydrogen) atoms. The molecule has 152 valence electrons. The standard InChI is InChI=1S/C21H29F3O2S/c22-21(23,24)20-14-12-19(13-15-20)11-9-7-5-3-1-2-4-6-8-10-16-25-17-18-26-27/h12-15,27H,1-8,10,16-18H2. The molecule has 0 unspecified atom stereocenters. The molecule has 1 aromatic carbocycles. The fourth-order valence-corrected chi connectivity index (χ4v) is 2.66. The molecule has 1 rings (SSSR count). The maximum atomic E-state index is 12.5. The normalized spacial score (nSPS) is 11.3. The number of halogens is 3. The van der Waals surface area contributed by atoms with Gasteiger partial charge in [0, 0.05) is 18.6 Å². The van der Waals surface area contributed by atoms with Gasteiger partial charge in [-0.15, -0.1) is 0 Å². The first-order valence-electron chi connectivity index (χ1n) is 9.54. The third kappa shape index (κ3) is 12.8. The van der Waals surface area contributed by atoms with E-state index in [9.17, 15) is 13.2 Å². The number of hydrogen-bond donors (Lipinski definition) is 1. The minimum absolute atomic E-state index is 0.526. The molecule has 0 bridgehead atoms. The molecule has 0 aliphatic heterocycles.